The molecule has 1 saturated carbocycles. The Bertz CT molecular complexity index is 1530. The fourth-order valence-corrected chi connectivity index (χ4v) is 6.11. The van der Waals surface area contributed by atoms with Crippen molar-refractivity contribution < 1.29 is 39.9 Å². The number of nitrogens with two attached hydrogens (primary N) is 1. The normalized spacial score (nSPS) is 17.2. The van der Waals surface area contributed by atoms with E-state index in [1.165, 1.54) is 35.1 Å². The molecule has 1 aromatic carbocycles. The largest absolute Gasteiger partial charge is 0.450 e. The van der Waals surface area contributed by atoms with E-state index >= 15 is 0 Å². The number of thiocarbonyl (C=S) groups is 1. The lowest BCUT2D eigenvalue weighted by Gasteiger charge is -2.39. The number of pyridine rings is 1. The molecule has 0 aliphatic heterocycles. The average Bonchev–Trinajstić information content (AvgIpc) is 3.34. The predicted octanol–water partition coefficient (Wildman–Crippen LogP) is 3.76. The van der Waals surface area contributed by atoms with E-state index < -0.39 is 61.1 Å². The SMILES string of the molecule is CC(NS(=O)(=O)c1c(F)c(F)c(F)c(F)c1F)(C(=O)OC1(C(N)=S)CCCCC1)c1ccc2nccn2c1. The molecule has 3 N–H and O–H groups in total. The zero-order chi connectivity index (χ0) is 28.0. The van der Waals surface area contributed by atoms with E-state index in [1.807, 2.05) is 0 Å². The zero-order valence-electron chi connectivity index (χ0n) is 19.7. The van der Waals surface area contributed by atoms with Crippen LogP contribution >= 0.6 is 12.2 Å². The summed E-state index contributed by atoms with van der Waals surface area (Å²) in [6.45, 7) is 1.02. The number of nitrogens with one attached hydrogen (secondary N) is 1. The second-order valence-corrected chi connectivity index (χ2v) is 11.1. The van der Waals surface area contributed by atoms with Crippen LogP contribution in [0.5, 0.6) is 0 Å². The molecular formula is C23H21F5N4O4S2. The van der Waals surface area contributed by atoms with Gasteiger partial charge in [-0.3, -0.25) is 0 Å². The first-order chi connectivity index (χ1) is 17.7. The van der Waals surface area contributed by atoms with Gasteiger partial charge in [0, 0.05) is 24.2 Å². The number of hydrogen-bond donors (Lipinski definition) is 2. The van der Waals surface area contributed by atoms with Crippen molar-refractivity contribution in [3.63, 3.8) is 0 Å². The van der Waals surface area contributed by atoms with Crippen LogP contribution in [0.15, 0.2) is 35.6 Å². The van der Waals surface area contributed by atoms with Crippen LogP contribution in [0.25, 0.3) is 5.65 Å². The maximum atomic E-state index is 14.5. The maximum Gasteiger partial charge on any atom is 0.332 e. The summed E-state index contributed by atoms with van der Waals surface area (Å²) < 4.78 is 106. The molecule has 4 rings (SSSR count). The first kappa shape index (κ1) is 27.9. The number of carbonyl (C=O) groups excluding carboxylic acids is 1. The van der Waals surface area contributed by atoms with Gasteiger partial charge < -0.3 is 14.9 Å². The van der Waals surface area contributed by atoms with Crippen molar-refractivity contribution in [2.24, 2.45) is 5.73 Å². The molecule has 1 aliphatic carbocycles. The van der Waals surface area contributed by atoms with Gasteiger partial charge in [0.15, 0.2) is 39.3 Å². The molecule has 1 atom stereocenters. The summed E-state index contributed by atoms with van der Waals surface area (Å²) >= 11 is 5.13. The van der Waals surface area contributed by atoms with Gasteiger partial charge in [-0.05, 0) is 38.7 Å². The highest BCUT2D eigenvalue weighted by Crippen LogP contribution is 2.36. The number of halogens is 5. The molecule has 1 unspecified atom stereocenters. The summed E-state index contributed by atoms with van der Waals surface area (Å²) in [5.41, 5.74) is 2.30. The Kier molecular flexibility index (Phi) is 7.22. The van der Waals surface area contributed by atoms with Crippen molar-refractivity contribution in [2.75, 3.05) is 0 Å². The minimum absolute atomic E-state index is 0.102. The highest BCUT2D eigenvalue weighted by Gasteiger charge is 2.48. The van der Waals surface area contributed by atoms with Crippen molar-refractivity contribution >= 4 is 38.8 Å². The first-order valence-corrected chi connectivity index (χ1v) is 13.1. The Morgan fingerprint density at radius 2 is 1.66 bits per heavy atom. The molecule has 0 spiro atoms. The predicted molar refractivity (Wildman–Crippen MR) is 128 cm³/mol. The summed E-state index contributed by atoms with van der Waals surface area (Å²) in [5, 5.41) is 0. The Morgan fingerprint density at radius 3 is 2.24 bits per heavy atom. The van der Waals surface area contributed by atoms with Gasteiger partial charge in [0.1, 0.15) is 10.6 Å². The molecule has 8 nitrogen and oxygen atoms in total. The topological polar surface area (TPSA) is 116 Å². The van der Waals surface area contributed by atoms with Gasteiger partial charge in [0.2, 0.25) is 15.8 Å². The van der Waals surface area contributed by atoms with Gasteiger partial charge in [-0.25, -0.2) is 40.1 Å². The summed E-state index contributed by atoms with van der Waals surface area (Å²) in [4.78, 5) is 15.4. The third-order valence-electron chi connectivity index (χ3n) is 6.55. The standard InChI is InChI=1S/C23H21F5N4O4S2/c1-22(12-5-6-13-30-9-10-32(13)11-12,21(33)36-23(20(29)37)7-3-2-4-8-23)31-38(34,35)19-17(27)15(25)14(24)16(26)18(19)28/h5-6,9-11,31H,2-4,7-8H2,1H3,(H2,29,37). The number of benzene rings is 1. The van der Waals surface area contributed by atoms with E-state index in [0.29, 0.717) is 18.5 Å². The van der Waals surface area contributed by atoms with E-state index in [-0.39, 0.29) is 23.4 Å². The van der Waals surface area contributed by atoms with Crippen LogP contribution < -0.4 is 10.5 Å². The molecule has 38 heavy (non-hydrogen) atoms. The van der Waals surface area contributed by atoms with Crippen LogP contribution in [-0.4, -0.2) is 34.4 Å². The third-order valence-corrected chi connectivity index (χ3v) is 8.49. The Morgan fingerprint density at radius 1 is 1.08 bits per heavy atom. The van der Waals surface area contributed by atoms with Crippen LogP contribution in [0.4, 0.5) is 22.0 Å². The average molecular weight is 577 g/mol. The molecule has 204 valence electrons. The number of rotatable bonds is 7. The van der Waals surface area contributed by atoms with Crippen LogP contribution in [0, 0.1) is 29.1 Å². The number of ether oxygens (including phenoxy) is 1. The summed E-state index contributed by atoms with van der Waals surface area (Å²) in [6.07, 6.45) is 6.67. The fourth-order valence-electron chi connectivity index (χ4n) is 4.38. The molecule has 0 amide bonds. The van der Waals surface area contributed by atoms with E-state index in [1.54, 1.807) is 4.72 Å². The third kappa shape index (κ3) is 4.62. The number of esters is 1. The lowest BCUT2D eigenvalue weighted by atomic mass is 9.84. The van der Waals surface area contributed by atoms with Crippen LogP contribution in [-0.2, 0) is 25.1 Å². The van der Waals surface area contributed by atoms with E-state index in [4.69, 9.17) is 22.7 Å². The number of carbonyl (C=O) groups is 1. The smallest absolute Gasteiger partial charge is 0.332 e. The second-order valence-electron chi connectivity index (χ2n) is 9.05. The molecule has 0 saturated heterocycles. The summed E-state index contributed by atoms with van der Waals surface area (Å²) in [5.74, 6) is -13.9. The minimum Gasteiger partial charge on any atom is -0.450 e. The lowest BCUT2D eigenvalue weighted by molar-refractivity contribution is -0.163. The van der Waals surface area contributed by atoms with Crippen LogP contribution in [0.3, 0.4) is 0 Å². The quantitative estimate of drug-likeness (QED) is 0.145. The van der Waals surface area contributed by atoms with Gasteiger partial charge in [-0.15, -0.1) is 0 Å². The molecule has 2 aromatic heterocycles. The van der Waals surface area contributed by atoms with Crippen LogP contribution in [0.2, 0.25) is 0 Å². The van der Waals surface area contributed by atoms with Crippen LogP contribution in [0.1, 0.15) is 44.6 Å². The molecule has 0 bridgehead atoms. The fraction of sp³-hybridized carbons (Fsp3) is 0.348. The van der Waals surface area contributed by atoms with Gasteiger partial charge in [0.05, 0.1) is 0 Å². The Hall–Kier alpha value is -3.17. The van der Waals surface area contributed by atoms with E-state index in [2.05, 4.69) is 4.98 Å². The maximum absolute atomic E-state index is 14.5. The molecule has 0 radical (unpaired) electrons. The molecule has 3 aromatic rings. The lowest BCUT2D eigenvalue weighted by Crippen LogP contribution is -2.56. The van der Waals surface area contributed by atoms with Gasteiger partial charge in [-0.1, -0.05) is 24.7 Å². The second kappa shape index (κ2) is 9.85. The zero-order valence-corrected chi connectivity index (χ0v) is 21.4. The molecular weight excluding hydrogens is 555 g/mol. The molecule has 2 heterocycles. The first-order valence-electron chi connectivity index (χ1n) is 11.3. The van der Waals surface area contributed by atoms with E-state index in [9.17, 15) is 35.2 Å². The Balaban J connectivity index is 1.86. The van der Waals surface area contributed by atoms with Gasteiger partial charge in [0.25, 0.3) is 0 Å². The number of hydrogen-bond acceptors (Lipinski definition) is 6. The Labute approximate surface area is 219 Å². The number of sulfonamides is 1. The van der Waals surface area contributed by atoms with Crippen molar-refractivity contribution in [3.8, 4) is 0 Å². The summed E-state index contributed by atoms with van der Waals surface area (Å²) in [6, 6.07) is 2.70. The molecule has 1 fully saturated rings. The molecule has 15 heteroatoms. The van der Waals surface area contributed by atoms with Crippen molar-refractivity contribution in [1.82, 2.24) is 14.1 Å². The molecule has 1 aliphatic rings. The van der Waals surface area contributed by atoms with E-state index in [0.717, 1.165) is 13.3 Å². The minimum atomic E-state index is -5.59. The van der Waals surface area contributed by atoms with Crippen molar-refractivity contribution in [3.05, 3.63) is 65.4 Å². The number of fused-ring (bicyclic) bond motifs is 1. The monoisotopic (exact) mass is 576 g/mol. The number of aromatic nitrogens is 2. The highest BCUT2D eigenvalue weighted by atomic mass is 32.2. The van der Waals surface area contributed by atoms with Gasteiger partial charge in [-0.2, -0.15) is 4.72 Å². The summed E-state index contributed by atoms with van der Waals surface area (Å²) in [7, 11) is -5.59. The number of nitrogens with zero attached hydrogens (tertiary/aromatic N) is 2. The number of imidazole rings is 1. The highest BCUT2D eigenvalue weighted by molar-refractivity contribution is 7.89. The van der Waals surface area contributed by atoms with Crippen molar-refractivity contribution in [2.45, 2.75) is 55.1 Å². The van der Waals surface area contributed by atoms with Crippen molar-refractivity contribution in [1.29, 1.82) is 0 Å². The van der Waals surface area contributed by atoms with Gasteiger partial charge >= 0.3 is 5.97 Å².